The number of pyridine rings is 1. The largest absolute Gasteiger partial charge is 1.00 e. The summed E-state index contributed by atoms with van der Waals surface area (Å²) in [6.07, 6.45) is 6.61. The summed E-state index contributed by atoms with van der Waals surface area (Å²) in [4.78, 5) is 0. The zero-order valence-corrected chi connectivity index (χ0v) is 14.3. The Bertz CT molecular complexity index is 511. The molecule has 0 fully saturated rings. The smallest absolute Gasteiger partial charge is 0.182 e. The van der Waals surface area contributed by atoms with Gasteiger partial charge in [-0.1, -0.05) is 25.5 Å². The number of hydrogen-bond acceptors (Lipinski definition) is 1. The van der Waals surface area contributed by atoms with Gasteiger partial charge >= 0.3 is 0 Å². The molecule has 2 nitrogen and oxygen atoms in total. The summed E-state index contributed by atoms with van der Waals surface area (Å²) in [6, 6.07) is 12.6. The van der Waals surface area contributed by atoms with Gasteiger partial charge in [0.05, 0.1) is 0 Å². The Kier molecular flexibility index (Phi) is 7.59. The highest BCUT2D eigenvalue weighted by Crippen LogP contribution is 2.11. The number of nitrogens with zero attached hydrogens (tertiary/aromatic N) is 1. The van der Waals surface area contributed by atoms with Crippen LogP contribution < -0.4 is 33.3 Å². The quantitative estimate of drug-likeness (QED) is 0.518. The number of halogens is 1. The molecule has 1 aromatic heterocycles. The molecule has 1 heterocycles. The third-order valence-corrected chi connectivity index (χ3v) is 3.11. The minimum Gasteiger partial charge on any atom is -1.00 e. The second-order valence-electron chi connectivity index (χ2n) is 4.86. The predicted octanol–water partition coefficient (Wildman–Crippen LogP) is 0.318. The fourth-order valence-corrected chi connectivity index (χ4v) is 2.07. The summed E-state index contributed by atoms with van der Waals surface area (Å²) in [5.41, 5.74) is 2.63. The lowest BCUT2D eigenvalue weighted by molar-refractivity contribution is -0.697. The second kappa shape index (κ2) is 8.95. The summed E-state index contributed by atoms with van der Waals surface area (Å²) in [5.74, 6) is 0.947. The summed E-state index contributed by atoms with van der Waals surface area (Å²) in [7, 11) is 0. The molecule has 2 rings (SSSR count). The molecule has 0 unspecified atom stereocenters. The van der Waals surface area contributed by atoms with E-state index in [1.54, 1.807) is 0 Å². The van der Waals surface area contributed by atoms with Crippen molar-refractivity contribution in [3.63, 3.8) is 0 Å². The normalized spacial score (nSPS) is 9.90. The number of ether oxygens (including phenoxy) is 1. The van der Waals surface area contributed by atoms with E-state index >= 15 is 0 Å². The molecule has 0 atom stereocenters. The van der Waals surface area contributed by atoms with Crippen molar-refractivity contribution in [2.24, 2.45) is 0 Å². The average Bonchev–Trinajstić information content (AvgIpc) is 2.41. The van der Waals surface area contributed by atoms with E-state index in [1.165, 1.54) is 17.5 Å². The average molecular weight is 383 g/mol. The van der Waals surface area contributed by atoms with Crippen LogP contribution in [-0.4, -0.2) is 6.61 Å². The van der Waals surface area contributed by atoms with E-state index < -0.39 is 0 Å². The maximum absolute atomic E-state index is 5.75. The third-order valence-electron chi connectivity index (χ3n) is 3.11. The minimum atomic E-state index is 0. The Morgan fingerprint density at radius 1 is 1.10 bits per heavy atom. The predicted molar refractivity (Wildman–Crippen MR) is 77.3 cm³/mol. The molecule has 0 radical (unpaired) electrons. The van der Waals surface area contributed by atoms with Crippen LogP contribution in [-0.2, 0) is 13.0 Å². The number of rotatable bonds is 6. The van der Waals surface area contributed by atoms with Crippen LogP contribution in [0.15, 0.2) is 48.8 Å². The molecule has 0 N–H and O–H groups in total. The Morgan fingerprint density at radius 2 is 1.85 bits per heavy atom. The van der Waals surface area contributed by atoms with Gasteiger partial charge in [0.15, 0.2) is 18.9 Å². The first-order valence-corrected chi connectivity index (χ1v) is 6.95. The van der Waals surface area contributed by atoms with Crippen LogP contribution in [0.5, 0.6) is 5.75 Å². The van der Waals surface area contributed by atoms with Gasteiger partial charge in [0.2, 0.25) is 0 Å². The summed E-state index contributed by atoms with van der Waals surface area (Å²) < 4.78 is 7.91. The Balaban J connectivity index is 0.00000200. The van der Waals surface area contributed by atoms with Crippen molar-refractivity contribution >= 4 is 0 Å². The molecule has 0 aliphatic rings. The SMILES string of the molecule is CCCc1cc[n+](CCOc2cccc(C)c2)cc1.[I-]. The van der Waals surface area contributed by atoms with E-state index in [9.17, 15) is 0 Å². The highest BCUT2D eigenvalue weighted by molar-refractivity contribution is 5.27. The Morgan fingerprint density at radius 3 is 2.50 bits per heavy atom. The van der Waals surface area contributed by atoms with Gasteiger partial charge in [0.1, 0.15) is 12.4 Å². The highest BCUT2D eigenvalue weighted by Gasteiger charge is 2.01. The third kappa shape index (κ3) is 5.49. The van der Waals surface area contributed by atoms with E-state index in [2.05, 4.69) is 55.1 Å². The Hall–Kier alpha value is -1.10. The van der Waals surface area contributed by atoms with Crippen LogP contribution in [0.1, 0.15) is 24.5 Å². The van der Waals surface area contributed by atoms with E-state index in [1.807, 2.05) is 12.1 Å². The molecule has 0 spiro atoms. The van der Waals surface area contributed by atoms with Crippen LogP contribution in [0.2, 0.25) is 0 Å². The summed E-state index contributed by atoms with van der Waals surface area (Å²) in [5, 5.41) is 0. The maximum Gasteiger partial charge on any atom is 0.182 e. The zero-order chi connectivity index (χ0) is 13.5. The molecule has 1 aromatic carbocycles. The van der Waals surface area contributed by atoms with Crippen molar-refractivity contribution in [2.75, 3.05) is 6.61 Å². The van der Waals surface area contributed by atoms with Crippen molar-refractivity contribution in [1.29, 1.82) is 0 Å². The van der Waals surface area contributed by atoms with Crippen molar-refractivity contribution in [3.8, 4) is 5.75 Å². The van der Waals surface area contributed by atoms with Crippen molar-refractivity contribution in [1.82, 2.24) is 0 Å². The van der Waals surface area contributed by atoms with Crippen LogP contribution in [0.25, 0.3) is 0 Å². The van der Waals surface area contributed by atoms with Gasteiger partial charge in [-0.3, -0.25) is 0 Å². The maximum atomic E-state index is 5.75. The van der Waals surface area contributed by atoms with Crippen molar-refractivity contribution < 1.29 is 33.3 Å². The lowest BCUT2D eigenvalue weighted by Crippen LogP contribution is -3.00. The fourth-order valence-electron chi connectivity index (χ4n) is 2.07. The fraction of sp³-hybridized carbons (Fsp3) is 0.353. The standard InChI is InChI=1S/C17H22NO.HI/c1-3-5-16-8-10-18(11-9-16)12-13-19-17-7-4-6-15(2)14-17;/h4,6-11,14H,3,5,12-13H2,1-2H3;1H/q+1;/p-1. The number of benzene rings is 1. The van der Waals surface area contributed by atoms with Gasteiger partial charge in [-0.2, -0.15) is 0 Å². The van der Waals surface area contributed by atoms with E-state index in [0.29, 0.717) is 6.61 Å². The molecular formula is C17H22INO. The minimum absolute atomic E-state index is 0. The van der Waals surface area contributed by atoms with E-state index in [-0.39, 0.29) is 24.0 Å². The first-order valence-electron chi connectivity index (χ1n) is 6.95. The van der Waals surface area contributed by atoms with E-state index in [0.717, 1.165) is 18.7 Å². The molecule has 3 heteroatoms. The molecule has 0 saturated carbocycles. The van der Waals surface area contributed by atoms with Gasteiger partial charge in [0.25, 0.3) is 0 Å². The van der Waals surface area contributed by atoms with Crippen molar-refractivity contribution in [3.05, 3.63) is 59.9 Å². The van der Waals surface area contributed by atoms with Crippen LogP contribution in [0, 0.1) is 6.92 Å². The van der Waals surface area contributed by atoms with Gasteiger partial charge in [-0.05, 0) is 36.6 Å². The molecular weight excluding hydrogens is 361 g/mol. The second-order valence-corrected chi connectivity index (χ2v) is 4.86. The molecule has 2 aromatic rings. The number of aromatic nitrogens is 1. The molecule has 0 bridgehead atoms. The Labute approximate surface area is 138 Å². The molecule has 0 saturated heterocycles. The highest BCUT2D eigenvalue weighted by atomic mass is 127. The van der Waals surface area contributed by atoms with Crippen LogP contribution >= 0.6 is 0 Å². The van der Waals surface area contributed by atoms with Gasteiger partial charge in [-0.25, -0.2) is 4.57 Å². The first-order chi connectivity index (χ1) is 9.28. The monoisotopic (exact) mass is 383 g/mol. The first kappa shape index (κ1) is 17.0. The topological polar surface area (TPSA) is 13.1 Å². The summed E-state index contributed by atoms with van der Waals surface area (Å²) >= 11 is 0. The molecule has 0 amide bonds. The summed E-state index contributed by atoms with van der Waals surface area (Å²) in [6.45, 7) is 5.85. The lowest BCUT2D eigenvalue weighted by Gasteiger charge is -2.05. The van der Waals surface area contributed by atoms with Gasteiger partial charge in [-0.15, -0.1) is 0 Å². The van der Waals surface area contributed by atoms with Crippen LogP contribution in [0.4, 0.5) is 0 Å². The zero-order valence-electron chi connectivity index (χ0n) is 12.2. The van der Waals surface area contributed by atoms with Gasteiger partial charge < -0.3 is 28.7 Å². The molecule has 0 aliphatic carbocycles. The van der Waals surface area contributed by atoms with Crippen molar-refractivity contribution in [2.45, 2.75) is 33.2 Å². The lowest BCUT2D eigenvalue weighted by atomic mass is 10.2. The van der Waals surface area contributed by atoms with Gasteiger partial charge in [0, 0.05) is 12.1 Å². The van der Waals surface area contributed by atoms with Crippen LogP contribution in [0.3, 0.4) is 0 Å². The van der Waals surface area contributed by atoms with E-state index in [4.69, 9.17) is 4.74 Å². The number of hydrogen-bond donors (Lipinski definition) is 0. The molecule has 108 valence electrons. The molecule has 20 heavy (non-hydrogen) atoms. The number of aryl methyl sites for hydroxylation is 2. The molecule has 0 aliphatic heterocycles.